The molecule has 0 atom stereocenters. The van der Waals surface area contributed by atoms with Gasteiger partial charge in [-0.05, 0) is 11.6 Å². The van der Waals surface area contributed by atoms with Crippen molar-refractivity contribution in [2.24, 2.45) is 0 Å². The van der Waals surface area contributed by atoms with E-state index in [1.165, 1.54) is 5.41 Å². The van der Waals surface area contributed by atoms with Crippen molar-refractivity contribution in [1.82, 2.24) is 14.5 Å². The molecule has 0 radical (unpaired) electrons. The fourth-order valence-corrected chi connectivity index (χ4v) is 3.22. The van der Waals surface area contributed by atoms with Crippen molar-refractivity contribution >= 4 is 22.0 Å². The van der Waals surface area contributed by atoms with Gasteiger partial charge in [0.15, 0.2) is 0 Å². The van der Waals surface area contributed by atoms with Gasteiger partial charge in [0.2, 0.25) is 15.9 Å². The van der Waals surface area contributed by atoms with Crippen molar-refractivity contribution in [3.05, 3.63) is 41.3 Å². The second-order valence-corrected chi connectivity index (χ2v) is 7.15. The summed E-state index contributed by atoms with van der Waals surface area (Å²) in [6.45, 7) is 5.54. The highest BCUT2D eigenvalue weighted by Crippen LogP contribution is 2.03. The Bertz CT molecular complexity index is 636. The third-order valence-corrected chi connectivity index (χ3v) is 4.89. The molecule has 0 aromatic heterocycles. The molecule has 23 heavy (non-hydrogen) atoms. The van der Waals surface area contributed by atoms with Crippen molar-refractivity contribution < 1.29 is 13.2 Å². The first-order chi connectivity index (χ1) is 11.0. The molecule has 1 heterocycles. The predicted molar refractivity (Wildman–Crippen MR) is 91.1 cm³/mol. The Morgan fingerprint density at radius 2 is 1.83 bits per heavy atom. The smallest absolute Gasteiger partial charge is 0.233 e. The minimum Gasteiger partial charge on any atom is -0.340 e. The molecule has 0 saturated carbocycles. The molecule has 1 aromatic rings. The van der Waals surface area contributed by atoms with Crippen LogP contribution in [-0.4, -0.2) is 63.4 Å². The summed E-state index contributed by atoms with van der Waals surface area (Å²) in [6, 6.07) is 9.30. The van der Waals surface area contributed by atoms with Crippen LogP contribution in [0, 0.1) is 0 Å². The van der Waals surface area contributed by atoms with Gasteiger partial charge in [0.05, 0.1) is 0 Å². The first-order valence-electron chi connectivity index (χ1n) is 7.67. The minimum atomic E-state index is -3.43. The molecule has 0 unspecified atom stereocenters. The summed E-state index contributed by atoms with van der Waals surface area (Å²) in [6.07, 6.45) is 1.58. The zero-order valence-electron chi connectivity index (χ0n) is 13.3. The van der Waals surface area contributed by atoms with Crippen molar-refractivity contribution in [3.8, 4) is 0 Å². The number of carbonyl (C=O) groups is 1. The Morgan fingerprint density at radius 1 is 1.17 bits per heavy atom. The number of nitrogens with zero attached hydrogens (tertiary/aromatic N) is 2. The maximum absolute atomic E-state index is 11.9. The molecule has 1 aromatic carbocycles. The van der Waals surface area contributed by atoms with Crippen molar-refractivity contribution in [1.29, 1.82) is 0 Å². The maximum atomic E-state index is 11.9. The van der Waals surface area contributed by atoms with Crippen LogP contribution in [0.4, 0.5) is 0 Å². The molecule has 1 N–H and O–H groups in total. The van der Waals surface area contributed by atoms with Gasteiger partial charge in [-0.15, -0.1) is 0 Å². The summed E-state index contributed by atoms with van der Waals surface area (Å²) in [5.74, 6) is 0.0939. The molecule has 0 bridgehead atoms. The highest BCUT2D eigenvalue weighted by molar-refractivity contribution is 7.92. The van der Waals surface area contributed by atoms with Crippen LogP contribution >= 0.6 is 0 Å². The van der Waals surface area contributed by atoms with Crippen LogP contribution in [0.1, 0.15) is 12.5 Å². The number of sulfonamides is 1. The zero-order valence-corrected chi connectivity index (χ0v) is 14.1. The van der Waals surface area contributed by atoms with E-state index in [0.717, 1.165) is 18.7 Å². The first kappa shape index (κ1) is 17.7. The van der Waals surface area contributed by atoms with E-state index < -0.39 is 10.0 Å². The topological polar surface area (TPSA) is 69.7 Å². The minimum absolute atomic E-state index is 0.0939. The fraction of sp³-hybridized carbons (Fsp3) is 0.438. The van der Waals surface area contributed by atoms with Gasteiger partial charge in [-0.1, -0.05) is 30.3 Å². The van der Waals surface area contributed by atoms with Gasteiger partial charge < -0.3 is 4.90 Å². The number of amides is 1. The fourth-order valence-electron chi connectivity index (χ4n) is 2.41. The number of piperazine rings is 1. The molecule has 0 aliphatic carbocycles. The lowest BCUT2D eigenvalue weighted by molar-refractivity contribution is -0.130. The van der Waals surface area contributed by atoms with Crippen molar-refractivity contribution in [2.75, 3.05) is 39.3 Å². The van der Waals surface area contributed by atoms with Crippen LogP contribution in [0.25, 0.3) is 6.08 Å². The number of carbonyl (C=O) groups excluding carboxylic acids is 1. The highest BCUT2D eigenvalue weighted by atomic mass is 32.2. The monoisotopic (exact) mass is 337 g/mol. The Labute approximate surface area is 137 Å². The Balaban J connectivity index is 1.73. The summed E-state index contributed by atoms with van der Waals surface area (Å²) >= 11 is 0. The average Bonchev–Trinajstić information content (AvgIpc) is 2.54. The van der Waals surface area contributed by atoms with Gasteiger partial charge in [-0.2, -0.15) is 0 Å². The molecule has 6 nitrogen and oxygen atoms in total. The molecular formula is C16H23N3O3S. The average molecular weight is 337 g/mol. The molecular weight excluding hydrogens is 314 g/mol. The second kappa shape index (κ2) is 8.24. The van der Waals surface area contributed by atoms with Crippen LogP contribution in [0.2, 0.25) is 0 Å². The Hall–Kier alpha value is -1.70. The summed E-state index contributed by atoms with van der Waals surface area (Å²) in [7, 11) is -3.43. The van der Waals surface area contributed by atoms with E-state index in [0.29, 0.717) is 26.2 Å². The summed E-state index contributed by atoms with van der Waals surface area (Å²) < 4.78 is 26.4. The third kappa shape index (κ3) is 6.13. The normalized spacial score (nSPS) is 16.8. The van der Waals surface area contributed by atoms with Crippen molar-refractivity contribution in [2.45, 2.75) is 6.92 Å². The third-order valence-electron chi connectivity index (χ3n) is 3.79. The number of nitrogens with one attached hydrogen (secondary N) is 1. The number of rotatable bonds is 6. The molecule has 7 heteroatoms. The molecule has 2 rings (SSSR count). The Morgan fingerprint density at radius 3 is 2.43 bits per heavy atom. The van der Waals surface area contributed by atoms with E-state index in [4.69, 9.17) is 0 Å². The Kier molecular flexibility index (Phi) is 6.32. The summed E-state index contributed by atoms with van der Waals surface area (Å²) in [5, 5.41) is 1.19. The molecule has 1 aliphatic rings. The van der Waals surface area contributed by atoms with E-state index in [9.17, 15) is 13.2 Å². The van der Waals surface area contributed by atoms with Crippen LogP contribution in [0.5, 0.6) is 0 Å². The van der Waals surface area contributed by atoms with E-state index in [1.807, 2.05) is 35.2 Å². The first-order valence-corrected chi connectivity index (χ1v) is 9.21. The van der Waals surface area contributed by atoms with Crippen LogP contribution in [0.3, 0.4) is 0 Å². The second-order valence-electron chi connectivity index (χ2n) is 5.50. The van der Waals surface area contributed by atoms with Gasteiger partial charge in [0.25, 0.3) is 0 Å². The molecule has 1 amide bonds. The largest absolute Gasteiger partial charge is 0.340 e. The maximum Gasteiger partial charge on any atom is 0.233 e. The van der Waals surface area contributed by atoms with Crippen molar-refractivity contribution in [3.63, 3.8) is 0 Å². The van der Waals surface area contributed by atoms with Crippen LogP contribution in [-0.2, 0) is 14.8 Å². The number of hydrogen-bond acceptors (Lipinski definition) is 4. The lowest BCUT2D eigenvalue weighted by atomic mass is 10.2. The van der Waals surface area contributed by atoms with Crippen LogP contribution < -0.4 is 4.72 Å². The lowest BCUT2D eigenvalue weighted by Gasteiger charge is -2.34. The summed E-state index contributed by atoms with van der Waals surface area (Å²) in [5.41, 5.74) is 0.846. The lowest BCUT2D eigenvalue weighted by Crippen LogP contribution is -2.49. The van der Waals surface area contributed by atoms with E-state index in [-0.39, 0.29) is 5.91 Å². The standard InChI is InChI=1S/C16H23N3O3S/c1-15(20)19-12-10-18(11-13-19)9-8-17-23(21,22)14-7-16-5-3-2-4-6-16/h2-7,14,17H,8-13H2,1H3. The molecule has 1 aliphatic heterocycles. The zero-order chi connectivity index (χ0) is 16.7. The molecule has 0 spiro atoms. The van der Waals surface area contributed by atoms with Gasteiger partial charge in [-0.25, -0.2) is 13.1 Å². The highest BCUT2D eigenvalue weighted by Gasteiger charge is 2.18. The molecule has 126 valence electrons. The van der Waals surface area contributed by atoms with Gasteiger partial charge in [0.1, 0.15) is 0 Å². The molecule has 1 fully saturated rings. The number of hydrogen-bond donors (Lipinski definition) is 1. The quantitative estimate of drug-likeness (QED) is 0.831. The van der Waals surface area contributed by atoms with E-state index >= 15 is 0 Å². The van der Waals surface area contributed by atoms with Gasteiger partial charge in [-0.3, -0.25) is 9.69 Å². The van der Waals surface area contributed by atoms with Gasteiger partial charge in [0, 0.05) is 51.6 Å². The molecule has 1 saturated heterocycles. The SMILES string of the molecule is CC(=O)N1CCN(CCNS(=O)(=O)C=Cc2ccccc2)CC1. The summed E-state index contributed by atoms with van der Waals surface area (Å²) in [4.78, 5) is 15.2. The van der Waals surface area contributed by atoms with Crippen LogP contribution in [0.15, 0.2) is 35.7 Å². The number of benzene rings is 1. The van der Waals surface area contributed by atoms with E-state index in [2.05, 4.69) is 9.62 Å². The van der Waals surface area contributed by atoms with Gasteiger partial charge >= 0.3 is 0 Å². The predicted octanol–water partition coefficient (Wildman–Crippen LogP) is 0.741. The van der Waals surface area contributed by atoms with E-state index in [1.54, 1.807) is 13.0 Å².